The Morgan fingerprint density at radius 2 is 2.33 bits per heavy atom. The Balaban J connectivity index is 2.19. The minimum absolute atomic E-state index is 0.217. The summed E-state index contributed by atoms with van der Waals surface area (Å²) in [6, 6.07) is 7.32. The van der Waals surface area contributed by atoms with Crippen LogP contribution < -0.4 is 0 Å². The molecule has 0 aromatic heterocycles. The van der Waals surface area contributed by atoms with Gasteiger partial charge in [-0.15, -0.1) is 0 Å². The van der Waals surface area contributed by atoms with E-state index in [1.54, 1.807) is 23.9 Å². The summed E-state index contributed by atoms with van der Waals surface area (Å²) in [4.78, 5) is 4.42. The van der Waals surface area contributed by atoms with Gasteiger partial charge in [0.1, 0.15) is 12.4 Å². The van der Waals surface area contributed by atoms with Gasteiger partial charge in [0.05, 0.1) is 11.6 Å². The number of phenolic OH excluding ortho intramolecular Hbond substituents is 1. The molecule has 2 rings (SSSR count). The van der Waals surface area contributed by atoms with Crippen LogP contribution >= 0.6 is 11.8 Å². The van der Waals surface area contributed by atoms with Crippen molar-refractivity contribution in [3.05, 3.63) is 29.8 Å². The van der Waals surface area contributed by atoms with E-state index in [2.05, 4.69) is 4.99 Å². The number of phenols is 1. The number of thioether (sulfide) groups is 1. The van der Waals surface area contributed by atoms with Crippen molar-refractivity contribution in [3.63, 3.8) is 0 Å². The quantitative estimate of drug-likeness (QED) is 0.851. The highest BCUT2D eigenvalue weighted by atomic mass is 32.2. The van der Waals surface area contributed by atoms with Crippen molar-refractivity contribution in [1.82, 2.24) is 0 Å². The molecule has 80 valence electrons. The van der Waals surface area contributed by atoms with Crippen LogP contribution in [-0.4, -0.2) is 35.7 Å². The average molecular weight is 223 g/mol. The van der Waals surface area contributed by atoms with Crippen LogP contribution in [-0.2, 0) is 4.74 Å². The van der Waals surface area contributed by atoms with E-state index in [9.17, 15) is 5.11 Å². The summed E-state index contributed by atoms with van der Waals surface area (Å²) in [5.74, 6) is 1.74. The summed E-state index contributed by atoms with van der Waals surface area (Å²) < 4.78 is 5.46. The Morgan fingerprint density at radius 1 is 1.53 bits per heavy atom. The molecule has 1 aromatic carbocycles. The summed E-state index contributed by atoms with van der Waals surface area (Å²) in [6.07, 6.45) is 2.05. The summed E-state index contributed by atoms with van der Waals surface area (Å²) in [5.41, 5.74) is 0.682. The number of hydrogen-bond acceptors (Lipinski definition) is 4. The van der Waals surface area contributed by atoms with Gasteiger partial charge in [0.25, 0.3) is 0 Å². The van der Waals surface area contributed by atoms with Gasteiger partial charge in [-0.05, 0) is 18.4 Å². The molecule has 0 amide bonds. The first kappa shape index (κ1) is 10.4. The van der Waals surface area contributed by atoms with E-state index in [0.717, 1.165) is 5.75 Å². The first-order valence-electron chi connectivity index (χ1n) is 4.79. The Morgan fingerprint density at radius 3 is 3.07 bits per heavy atom. The first-order valence-corrected chi connectivity index (χ1v) is 6.18. The third-order valence-electron chi connectivity index (χ3n) is 2.21. The van der Waals surface area contributed by atoms with Crippen LogP contribution in [0.5, 0.6) is 5.75 Å². The standard InChI is InChI=1S/C11H13NO2S/c1-15-7-8-6-14-11(12-8)9-4-2-3-5-10(9)13/h2-5,8,13H,6-7H2,1H3/t8-/m1/s1. The lowest BCUT2D eigenvalue weighted by molar-refractivity contribution is 0.324. The number of para-hydroxylation sites is 1. The second-order valence-electron chi connectivity index (χ2n) is 3.37. The van der Waals surface area contributed by atoms with E-state index in [1.165, 1.54) is 0 Å². The molecule has 0 fully saturated rings. The lowest BCUT2D eigenvalue weighted by Crippen LogP contribution is -2.08. The van der Waals surface area contributed by atoms with Gasteiger partial charge in [0.15, 0.2) is 0 Å². The van der Waals surface area contributed by atoms with Crippen LogP contribution in [0.25, 0.3) is 0 Å². The zero-order valence-electron chi connectivity index (χ0n) is 8.51. The van der Waals surface area contributed by atoms with Crippen molar-refractivity contribution in [2.24, 2.45) is 4.99 Å². The Kier molecular flexibility index (Phi) is 3.16. The predicted molar refractivity (Wildman–Crippen MR) is 62.8 cm³/mol. The van der Waals surface area contributed by atoms with Gasteiger partial charge in [-0.3, -0.25) is 0 Å². The topological polar surface area (TPSA) is 41.8 Å². The molecular weight excluding hydrogens is 210 g/mol. The highest BCUT2D eigenvalue weighted by Crippen LogP contribution is 2.21. The molecule has 0 radical (unpaired) electrons. The molecule has 0 saturated carbocycles. The molecule has 1 atom stereocenters. The van der Waals surface area contributed by atoms with E-state index in [4.69, 9.17) is 4.74 Å². The molecule has 1 heterocycles. The lowest BCUT2D eigenvalue weighted by atomic mass is 10.2. The third-order valence-corrected chi connectivity index (χ3v) is 2.92. The first-order chi connectivity index (χ1) is 7.31. The van der Waals surface area contributed by atoms with Gasteiger partial charge >= 0.3 is 0 Å². The highest BCUT2D eigenvalue weighted by Gasteiger charge is 2.21. The van der Waals surface area contributed by atoms with Gasteiger partial charge < -0.3 is 9.84 Å². The number of nitrogens with zero attached hydrogens (tertiary/aromatic N) is 1. The normalized spacial score (nSPS) is 19.8. The fraction of sp³-hybridized carbons (Fsp3) is 0.364. The zero-order valence-corrected chi connectivity index (χ0v) is 9.33. The number of hydrogen-bond donors (Lipinski definition) is 1. The number of rotatable bonds is 3. The van der Waals surface area contributed by atoms with Crippen LogP contribution in [0.15, 0.2) is 29.3 Å². The molecule has 3 nitrogen and oxygen atoms in total. The lowest BCUT2D eigenvalue weighted by Gasteiger charge is -2.02. The van der Waals surface area contributed by atoms with Crippen LogP contribution in [0, 0.1) is 0 Å². The van der Waals surface area contributed by atoms with Gasteiger partial charge in [0.2, 0.25) is 5.90 Å². The molecule has 0 saturated heterocycles. The zero-order chi connectivity index (χ0) is 10.7. The van der Waals surface area contributed by atoms with Gasteiger partial charge in [-0.2, -0.15) is 11.8 Å². The molecule has 0 aliphatic carbocycles. The van der Waals surface area contributed by atoms with E-state index < -0.39 is 0 Å². The predicted octanol–water partition coefficient (Wildman–Crippen LogP) is 1.90. The van der Waals surface area contributed by atoms with Gasteiger partial charge in [0, 0.05) is 5.75 Å². The Hall–Kier alpha value is -1.16. The third kappa shape index (κ3) is 2.26. The largest absolute Gasteiger partial charge is 0.507 e. The van der Waals surface area contributed by atoms with Crippen molar-refractivity contribution in [2.45, 2.75) is 6.04 Å². The second-order valence-corrected chi connectivity index (χ2v) is 4.28. The minimum atomic E-state index is 0.217. The summed E-state index contributed by atoms with van der Waals surface area (Å²) in [5, 5.41) is 9.62. The maximum atomic E-state index is 9.62. The number of aliphatic imine (C=N–C) groups is 1. The van der Waals surface area contributed by atoms with Crippen LogP contribution in [0.3, 0.4) is 0 Å². The van der Waals surface area contributed by atoms with Crippen LogP contribution in [0.2, 0.25) is 0 Å². The summed E-state index contributed by atoms with van der Waals surface area (Å²) in [7, 11) is 0. The van der Waals surface area contributed by atoms with E-state index in [1.807, 2.05) is 18.4 Å². The number of aromatic hydroxyl groups is 1. The molecule has 15 heavy (non-hydrogen) atoms. The van der Waals surface area contributed by atoms with Crippen molar-refractivity contribution in [3.8, 4) is 5.75 Å². The average Bonchev–Trinajstić information content (AvgIpc) is 2.68. The SMILES string of the molecule is CSC[C@H]1COC(c2ccccc2O)=N1. The monoisotopic (exact) mass is 223 g/mol. The maximum Gasteiger partial charge on any atom is 0.220 e. The molecule has 0 spiro atoms. The Labute approximate surface area is 93.2 Å². The van der Waals surface area contributed by atoms with Crippen molar-refractivity contribution in [1.29, 1.82) is 0 Å². The van der Waals surface area contributed by atoms with Crippen LogP contribution in [0.4, 0.5) is 0 Å². The van der Waals surface area contributed by atoms with Crippen molar-refractivity contribution >= 4 is 17.7 Å². The van der Waals surface area contributed by atoms with Crippen molar-refractivity contribution in [2.75, 3.05) is 18.6 Å². The smallest absolute Gasteiger partial charge is 0.220 e. The summed E-state index contributed by atoms with van der Waals surface area (Å²) >= 11 is 1.75. The molecule has 1 aliphatic rings. The molecule has 1 aliphatic heterocycles. The Bertz CT molecular complexity index is 379. The molecule has 1 N–H and O–H groups in total. The maximum absolute atomic E-state index is 9.62. The molecule has 0 unspecified atom stereocenters. The molecule has 0 bridgehead atoms. The summed E-state index contributed by atoms with van der Waals surface area (Å²) in [6.45, 7) is 0.616. The fourth-order valence-electron chi connectivity index (χ4n) is 1.50. The minimum Gasteiger partial charge on any atom is -0.507 e. The highest BCUT2D eigenvalue weighted by molar-refractivity contribution is 7.98. The number of benzene rings is 1. The molecule has 4 heteroatoms. The second kappa shape index (κ2) is 4.57. The van der Waals surface area contributed by atoms with Gasteiger partial charge in [-0.25, -0.2) is 4.99 Å². The number of ether oxygens (including phenoxy) is 1. The van der Waals surface area contributed by atoms with Gasteiger partial charge in [-0.1, -0.05) is 12.1 Å². The van der Waals surface area contributed by atoms with E-state index in [-0.39, 0.29) is 11.8 Å². The van der Waals surface area contributed by atoms with E-state index >= 15 is 0 Å². The molecule has 1 aromatic rings. The van der Waals surface area contributed by atoms with Crippen molar-refractivity contribution < 1.29 is 9.84 Å². The van der Waals surface area contributed by atoms with E-state index in [0.29, 0.717) is 18.1 Å². The fourth-order valence-corrected chi connectivity index (χ4v) is 2.05. The molecular formula is C11H13NO2S. The van der Waals surface area contributed by atoms with Crippen LogP contribution in [0.1, 0.15) is 5.56 Å².